The summed E-state index contributed by atoms with van der Waals surface area (Å²) >= 11 is 0. The third-order valence-corrected chi connectivity index (χ3v) is 12.1. The van der Waals surface area contributed by atoms with Crippen LogP contribution in [0.3, 0.4) is 0 Å². The number of hydrogen-bond acceptors (Lipinski definition) is 2. The second-order valence-electron chi connectivity index (χ2n) is 15.7. The first-order valence-corrected chi connectivity index (χ1v) is 19.7. The molecule has 0 radical (unpaired) electrons. The van der Waals surface area contributed by atoms with E-state index in [-0.39, 0.29) is 5.41 Å². The molecule has 2 nitrogen and oxygen atoms in total. The molecule has 11 rings (SSSR count). The Labute approximate surface area is 332 Å². The van der Waals surface area contributed by atoms with Crippen molar-refractivity contribution in [3.63, 3.8) is 0 Å². The van der Waals surface area contributed by atoms with Crippen molar-refractivity contribution in [3.05, 3.63) is 205 Å². The lowest BCUT2D eigenvalue weighted by Gasteiger charge is -2.25. The largest absolute Gasteiger partial charge is 0.228 e. The summed E-state index contributed by atoms with van der Waals surface area (Å²) in [6.07, 6.45) is 0. The van der Waals surface area contributed by atoms with E-state index >= 15 is 0 Å². The average molecular weight is 727 g/mol. The highest BCUT2D eigenvalue weighted by atomic mass is 14.9. The minimum Gasteiger partial charge on any atom is -0.228 e. The van der Waals surface area contributed by atoms with Gasteiger partial charge in [-0.2, -0.15) is 0 Å². The van der Waals surface area contributed by atoms with Gasteiger partial charge in [0.05, 0.1) is 11.4 Å². The minimum atomic E-state index is -0.171. The lowest BCUT2D eigenvalue weighted by Crippen LogP contribution is -2.16. The van der Waals surface area contributed by atoms with Gasteiger partial charge < -0.3 is 0 Å². The summed E-state index contributed by atoms with van der Waals surface area (Å²) in [5.41, 5.74) is 15.0. The molecular formula is C55H38N2. The zero-order chi connectivity index (χ0) is 38.1. The number of fused-ring (bicyclic) bond motifs is 7. The Morgan fingerprint density at radius 1 is 0.351 bits per heavy atom. The van der Waals surface area contributed by atoms with Gasteiger partial charge in [0.1, 0.15) is 0 Å². The monoisotopic (exact) mass is 726 g/mol. The van der Waals surface area contributed by atoms with Gasteiger partial charge in [-0.1, -0.05) is 196 Å². The highest BCUT2D eigenvalue weighted by Gasteiger charge is 2.38. The molecule has 0 bridgehead atoms. The molecule has 0 amide bonds. The van der Waals surface area contributed by atoms with Gasteiger partial charge in [0.2, 0.25) is 0 Å². The first-order chi connectivity index (χ1) is 28.0. The quantitative estimate of drug-likeness (QED) is 0.176. The molecule has 0 saturated heterocycles. The van der Waals surface area contributed by atoms with Gasteiger partial charge in [-0.25, -0.2) is 9.97 Å². The van der Waals surface area contributed by atoms with E-state index in [0.29, 0.717) is 5.82 Å². The van der Waals surface area contributed by atoms with Gasteiger partial charge >= 0.3 is 0 Å². The van der Waals surface area contributed by atoms with Crippen molar-refractivity contribution in [2.75, 3.05) is 0 Å². The minimum absolute atomic E-state index is 0.171. The predicted octanol–water partition coefficient (Wildman–Crippen LogP) is 14.6. The van der Waals surface area contributed by atoms with Crippen LogP contribution in [-0.4, -0.2) is 9.97 Å². The maximum absolute atomic E-state index is 5.32. The fourth-order valence-electron chi connectivity index (χ4n) is 9.39. The molecule has 268 valence electrons. The summed E-state index contributed by atoms with van der Waals surface area (Å²) in [7, 11) is 0. The van der Waals surface area contributed by atoms with Crippen LogP contribution in [0.2, 0.25) is 0 Å². The van der Waals surface area contributed by atoms with E-state index in [9.17, 15) is 0 Å². The third-order valence-electron chi connectivity index (χ3n) is 12.1. The topological polar surface area (TPSA) is 25.8 Å². The maximum Gasteiger partial charge on any atom is 0.160 e. The Bertz CT molecular complexity index is 3210. The number of nitrogens with zero attached hydrogens (tertiary/aromatic N) is 2. The van der Waals surface area contributed by atoms with Crippen molar-refractivity contribution in [2.45, 2.75) is 19.3 Å². The van der Waals surface area contributed by atoms with Crippen LogP contribution in [0.5, 0.6) is 0 Å². The highest BCUT2D eigenvalue weighted by Crippen LogP contribution is 2.55. The Morgan fingerprint density at radius 2 is 0.930 bits per heavy atom. The van der Waals surface area contributed by atoms with Crippen LogP contribution in [0.4, 0.5) is 0 Å². The fraction of sp³-hybridized carbons (Fsp3) is 0.0545. The molecule has 0 fully saturated rings. The van der Waals surface area contributed by atoms with Crippen molar-refractivity contribution in [2.24, 2.45) is 0 Å². The van der Waals surface area contributed by atoms with Gasteiger partial charge in [0, 0.05) is 22.1 Å². The maximum atomic E-state index is 5.32. The smallest absolute Gasteiger partial charge is 0.160 e. The van der Waals surface area contributed by atoms with E-state index in [1.807, 2.05) is 6.07 Å². The highest BCUT2D eigenvalue weighted by molar-refractivity contribution is 6.09. The van der Waals surface area contributed by atoms with Crippen molar-refractivity contribution >= 4 is 32.3 Å². The molecule has 1 aliphatic rings. The molecule has 0 unspecified atom stereocenters. The van der Waals surface area contributed by atoms with E-state index in [0.717, 1.165) is 44.6 Å². The molecular weight excluding hydrogens is 689 g/mol. The fourth-order valence-corrected chi connectivity index (χ4v) is 9.39. The van der Waals surface area contributed by atoms with Gasteiger partial charge in [0.25, 0.3) is 0 Å². The zero-order valence-electron chi connectivity index (χ0n) is 31.9. The molecule has 57 heavy (non-hydrogen) atoms. The molecule has 0 N–H and O–H groups in total. The summed E-state index contributed by atoms with van der Waals surface area (Å²) in [5.74, 6) is 0.706. The van der Waals surface area contributed by atoms with Crippen molar-refractivity contribution in [3.8, 4) is 67.3 Å². The molecule has 0 saturated carbocycles. The zero-order valence-corrected chi connectivity index (χ0v) is 31.9. The average Bonchev–Trinajstić information content (AvgIpc) is 3.52. The van der Waals surface area contributed by atoms with Crippen molar-refractivity contribution in [1.29, 1.82) is 0 Å². The molecule has 2 heteroatoms. The molecule has 10 aromatic rings. The number of hydrogen-bond donors (Lipinski definition) is 0. The van der Waals surface area contributed by atoms with E-state index in [1.165, 1.54) is 60.3 Å². The first kappa shape index (κ1) is 33.2. The molecule has 0 atom stereocenters. The van der Waals surface area contributed by atoms with Gasteiger partial charge in [-0.3, -0.25) is 0 Å². The summed E-state index contributed by atoms with van der Waals surface area (Å²) in [6.45, 7) is 4.77. The summed E-state index contributed by atoms with van der Waals surface area (Å²) in [6, 6.07) is 70.1. The molecule has 1 aromatic heterocycles. The second-order valence-corrected chi connectivity index (χ2v) is 15.7. The van der Waals surface area contributed by atoms with Crippen LogP contribution in [0.25, 0.3) is 99.6 Å². The Morgan fingerprint density at radius 3 is 1.74 bits per heavy atom. The van der Waals surface area contributed by atoms with E-state index in [4.69, 9.17) is 9.97 Å². The third kappa shape index (κ3) is 5.33. The Balaban J connectivity index is 1.11. The first-order valence-electron chi connectivity index (χ1n) is 19.7. The normalized spacial score (nSPS) is 12.9. The summed E-state index contributed by atoms with van der Waals surface area (Å²) < 4.78 is 0. The van der Waals surface area contributed by atoms with E-state index < -0.39 is 0 Å². The van der Waals surface area contributed by atoms with Gasteiger partial charge in [-0.15, -0.1) is 0 Å². The Kier molecular flexibility index (Phi) is 7.55. The SMILES string of the molecule is CC1(C)c2ccc3ccccc3c2-c2cccc(-c3ccc(-c4cc(-c5ccccc5-c5ccc6ccccc6c5)nc(-c5ccccc5)n4)c4ccccc34)c21. The molecule has 0 spiro atoms. The van der Waals surface area contributed by atoms with E-state index in [1.54, 1.807) is 0 Å². The summed E-state index contributed by atoms with van der Waals surface area (Å²) in [5, 5.41) is 7.41. The molecule has 9 aromatic carbocycles. The number of benzene rings is 9. The van der Waals surface area contributed by atoms with Crippen molar-refractivity contribution in [1.82, 2.24) is 9.97 Å². The summed E-state index contributed by atoms with van der Waals surface area (Å²) in [4.78, 5) is 10.6. The van der Waals surface area contributed by atoms with Crippen LogP contribution in [0, 0.1) is 0 Å². The van der Waals surface area contributed by atoms with Crippen LogP contribution in [0.15, 0.2) is 194 Å². The second kappa shape index (κ2) is 13.0. The number of rotatable bonds is 5. The Hall–Kier alpha value is -7.16. The number of aromatic nitrogens is 2. The standard InChI is InChI=1S/C55H38N2/c1-55(2)49-32-29-36-16-8-9-21-41(36)52(49)48-26-14-25-47(53(48)55)44-30-31-46(43-23-12-11-22-42(43)44)51-34-50(56-54(57-51)37-17-4-3-5-18-37)45-24-13-10-20-40(45)39-28-27-35-15-6-7-19-38(35)33-39/h3-34H,1-2H3. The van der Waals surface area contributed by atoms with E-state index in [2.05, 4.69) is 202 Å². The molecule has 1 heterocycles. The molecule has 0 aliphatic heterocycles. The predicted molar refractivity (Wildman–Crippen MR) is 239 cm³/mol. The van der Waals surface area contributed by atoms with Crippen LogP contribution >= 0.6 is 0 Å². The van der Waals surface area contributed by atoms with Crippen LogP contribution in [-0.2, 0) is 5.41 Å². The van der Waals surface area contributed by atoms with Gasteiger partial charge in [-0.05, 0) is 89.0 Å². The van der Waals surface area contributed by atoms with Gasteiger partial charge in [0.15, 0.2) is 5.82 Å². The molecule has 1 aliphatic carbocycles. The van der Waals surface area contributed by atoms with Crippen molar-refractivity contribution < 1.29 is 0 Å². The van der Waals surface area contributed by atoms with Crippen LogP contribution < -0.4 is 0 Å². The lowest BCUT2D eigenvalue weighted by molar-refractivity contribution is 0.662. The van der Waals surface area contributed by atoms with Crippen LogP contribution in [0.1, 0.15) is 25.0 Å². The lowest BCUT2D eigenvalue weighted by atomic mass is 9.78.